The minimum atomic E-state index is -0.877. The third-order valence-corrected chi connectivity index (χ3v) is 19.8. The second-order valence-corrected chi connectivity index (χ2v) is 25.4. The molecule has 10 heterocycles. The van der Waals surface area contributed by atoms with Gasteiger partial charge in [0, 0.05) is 80.5 Å². The molecule has 6 fully saturated rings. The summed E-state index contributed by atoms with van der Waals surface area (Å²) in [5.41, 5.74) is 9.65. The van der Waals surface area contributed by atoms with Crippen molar-refractivity contribution in [2.24, 2.45) is 5.92 Å². The molecule has 0 spiro atoms. The highest BCUT2D eigenvalue weighted by Crippen LogP contribution is 2.50. The fraction of sp³-hybridized carbons (Fsp3) is 0.492. The number of β-amino-alcohol motifs (C(OH)–C–C–N with tert-alkyl or cyclic N) is 1. The van der Waals surface area contributed by atoms with E-state index in [4.69, 9.17) is 28.9 Å². The summed E-state index contributed by atoms with van der Waals surface area (Å²) in [7, 11) is 1.65. The number of nitrogens with one attached hydrogen (secondary N) is 2. The molecule has 4 unspecified atom stereocenters. The van der Waals surface area contributed by atoms with E-state index in [1.807, 2.05) is 81.9 Å². The van der Waals surface area contributed by atoms with Crippen LogP contribution >= 0.6 is 11.3 Å². The number of amides is 3. The smallest absolute Gasteiger partial charge is 0.409 e. The van der Waals surface area contributed by atoms with Crippen molar-refractivity contribution >= 4 is 56.7 Å². The van der Waals surface area contributed by atoms with Gasteiger partial charge in [0.1, 0.15) is 48.2 Å². The number of aromatic hydroxyl groups is 1. The number of rotatable bonds is 15. The highest BCUT2D eigenvalue weighted by Gasteiger charge is 2.51. The molecule has 4 N–H and O–H groups in total. The summed E-state index contributed by atoms with van der Waals surface area (Å²) in [6.45, 7) is 13.2. The monoisotopic (exact) mass is 1140 g/mol. The Labute approximate surface area is 486 Å². The first-order valence-electron chi connectivity index (χ1n) is 29.6. The minimum Gasteiger partial charge on any atom is -0.508 e. The predicted octanol–water partition coefficient (Wildman–Crippen LogP) is 8.99. The highest BCUT2D eigenvalue weighted by atomic mass is 32.1. The number of likely N-dealkylation sites (tertiary alicyclic amines) is 1. The standard InChI is InChI=1S/C63H73N11O8S/c1-34(2)52(60(78)73-30-46(76)25-50(73)59(77)67-36(4)38-14-16-39(17-15-38)57-37(5)66-33-83-57)51-23-42(70-82-51)28-71(6)62(79)80-31-44-18-20-63(19-9-21-74(44)63)32-81-61-68-56-49(58(69-61)72-29-41-11-8-12-43(72)26-64-41)27-65-55-48-24-45(75)22-40-10-7-13-47(54(40)48)35(3)53(55)56/h7,10,13-17,22-24,27,33-36,41,43-44,46,50,52,64,75-76H,8-9,11-12,18-21,25-26,28-32H2,1-6H3,(H,67,77)/t35?,36-,41?,43?,44-,46+,50-,52?,63-/m0/s1. The number of piperazine rings is 1. The molecular weight excluding hydrogens is 1070 g/mol. The van der Waals surface area contributed by atoms with Crippen molar-refractivity contribution in [1.29, 1.82) is 0 Å². The zero-order valence-corrected chi connectivity index (χ0v) is 48.8. The molecule has 2 bridgehead atoms. The number of aliphatic hydroxyl groups excluding tert-OH is 1. The van der Waals surface area contributed by atoms with Gasteiger partial charge in [0.2, 0.25) is 11.8 Å². The van der Waals surface area contributed by atoms with Crippen LogP contribution in [0.4, 0.5) is 10.6 Å². The molecule has 14 rings (SSSR count). The summed E-state index contributed by atoms with van der Waals surface area (Å²) < 4.78 is 18.8. The number of phenolic OH excluding ortho intramolecular Hbond substituents is 1. The van der Waals surface area contributed by atoms with Crippen LogP contribution < -0.4 is 20.3 Å². The zero-order chi connectivity index (χ0) is 57.4. The van der Waals surface area contributed by atoms with Crippen LogP contribution in [0.3, 0.4) is 0 Å². The Morgan fingerprint density at radius 3 is 2.66 bits per heavy atom. The van der Waals surface area contributed by atoms with Gasteiger partial charge in [0.15, 0.2) is 0 Å². The third-order valence-electron chi connectivity index (χ3n) is 18.8. The van der Waals surface area contributed by atoms with Crippen molar-refractivity contribution in [3.05, 3.63) is 106 Å². The van der Waals surface area contributed by atoms with Crippen molar-refractivity contribution in [2.45, 2.75) is 146 Å². The molecule has 7 aliphatic rings. The molecule has 83 heavy (non-hydrogen) atoms. The molecule has 19 nitrogen and oxygen atoms in total. The minimum absolute atomic E-state index is 0.00931. The number of hydrogen-bond donors (Lipinski definition) is 4. The predicted molar refractivity (Wildman–Crippen MR) is 315 cm³/mol. The maximum atomic E-state index is 14.5. The molecule has 0 saturated carbocycles. The topological polar surface area (TPSA) is 225 Å². The zero-order valence-electron chi connectivity index (χ0n) is 48.0. The number of thiazole rings is 1. The van der Waals surface area contributed by atoms with E-state index in [0.717, 1.165) is 131 Å². The summed E-state index contributed by atoms with van der Waals surface area (Å²) in [5.74, 6) is -0.374. The van der Waals surface area contributed by atoms with Crippen LogP contribution in [0.2, 0.25) is 0 Å². The van der Waals surface area contributed by atoms with E-state index in [-0.39, 0.29) is 79.2 Å². The number of aryl methyl sites for hydroxylation is 1. The Hall–Kier alpha value is -7.26. The van der Waals surface area contributed by atoms with Gasteiger partial charge in [-0.1, -0.05) is 68.4 Å². The largest absolute Gasteiger partial charge is 0.508 e. The molecule has 20 heteroatoms. The van der Waals surface area contributed by atoms with Crippen molar-refractivity contribution in [3.8, 4) is 33.5 Å². The number of hydrogen-bond acceptors (Lipinski definition) is 17. The fourth-order valence-electron chi connectivity index (χ4n) is 14.5. The van der Waals surface area contributed by atoms with Crippen LogP contribution in [0, 0.1) is 12.8 Å². The van der Waals surface area contributed by atoms with Crippen molar-refractivity contribution in [3.63, 3.8) is 0 Å². The molecule has 7 aromatic rings. The van der Waals surface area contributed by atoms with Gasteiger partial charge in [-0.15, -0.1) is 11.3 Å². The van der Waals surface area contributed by atoms with Crippen LogP contribution in [0.25, 0.3) is 43.4 Å². The number of carbonyl (C=O) groups is 3. The average molecular weight is 1140 g/mol. The summed E-state index contributed by atoms with van der Waals surface area (Å²) in [6, 6.07) is 19.4. The molecule has 3 aromatic carbocycles. The van der Waals surface area contributed by atoms with Crippen LogP contribution in [0.15, 0.2) is 76.9 Å². The lowest BCUT2D eigenvalue weighted by molar-refractivity contribution is -0.141. The number of benzene rings is 3. The number of fused-ring (bicyclic) bond motifs is 9. The van der Waals surface area contributed by atoms with E-state index in [1.54, 1.807) is 24.5 Å². The quantitative estimate of drug-likeness (QED) is 0.0752. The SMILES string of the molecule is Cc1ncsc1-c1ccc([C@H](C)NC(=O)[C@@H]2C[C@@H](O)CN2C(=O)C(c2cc(CN(C)C(=O)OC[C@@H]3CC[C@]4(COc5nc(N6CC7CCCC6CN7)c6cnc7c(c6n5)C(C)c5cccc6cc(O)cc-7c56)CCCN34)no2)C(C)C)cc1. The fourth-order valence-corrected chi connectivity index (χ4v) is 15.3. The van der Waals surface area contributed by atoms with E-state index in [9.17, 15) is 24.6 Å². The number of ether oxygens (including phenoxy) is 2. The summed E-state index contributed by atoms with van der Waals surface area (Å²) in [4.78, 5) is 71.1. The summed E-state index contributed by atoms with van der Waals surface area (Å²) in [5, 5.41) is 35.9. The number of aliphatic hydroxyl groups is 1. The first-order valence-corrected chi connectivity index (χ1v) is 30.5. The van der Waals surface area contributed by atoms with Gasteiger partial charge in [0.05, 0.1) is 56.9 Å². The number of anilines is 1. The second kappa shape index (κ2) is 22.1. The Bertz CT molecular complexity index is 3620. The normalized spacial score (nSPS) is 24.5. The summed E-state index contributed by atoms with van der Waals surface area (Å²) in [6.07, 6.45) is 7.63. The van der Waals surface area contributed by atoms with Gasteiger partial charge < -0.3 is 49.5 Å². The first-order chi connectivity index (χ1) is 40.1. The van der Waals surface area contributed by atoms with Gasteiger partial charge in [-0.05, 0) is 111 Å². The lowest BCUT2D eigenvalue weighted by Crippen LogP contribution is -2.54. The Morgan fingerprint density at radius 2 is 1.86 bits per heavy atom. The highest BCUT2D eigenvalue weighted by molar-refractivity contribution is 7.13. The van der Waals surface area contributed by atoms with E-state index in [2.05, 4.69) is 49.6 Å². The molecule has 1 aliphatic carbocycles. The van der Waals surface area contributed by atoms with Crippen molar-refractivity contribution < 1.29 is 38.6 Å². The molecule has 0 radical (unpaired) electrons. The number of nitrogens with zero attached hydrogens (tertiary/aromatic N) is 9. The molecule has 9 atom stereocenters. The number of phenols is 1. The van der Waals surface area contributed by atoms with Crippen molar-refractivity contribution in [2.75, 3.05) is 51.3 Å². The Kier molecular flexibility index (Phi) is 14.6. The first kappa shape index (κ1) is 55.0. The Balaban J connectivity index is 0.662. The summed E-state index contributed by atoms with van der Waals surface area (Å²) >= 11 is 1.58. The van der Waals surface area contributed by atoms with E-state index in [0.29, 0.717) is 30.1 Å². The molecule has 6 saturated heterocycles. The van der Waals surface area contributed by atoms with Crippen LogP contribution in [0.1, 0.15) is 131 Å². The van der Waals surface area contributed by atoms with Crippen LogP contribution in [-0.2, 0) is 20.9 Å². The number of aromatic nitrogens is 5. The van der Waals surface area contributed by atoms with Gasteiger partial charge >= 0.3 is 12.1 Å². The second-order valence-electron chi connectivity index (χ2n) is 24.5. The molecule has 4 aromatic heterocycles. The molecule has 3 amide bonds. The van der Waals surface area contributed by atoms with Gasteiger partial charge in [-0.25, -0.2) is 9.78 Å². The maximum Gasteiger partial charge on any atom is 0.409 e. The molecule has 434 valence electrons. The Morgan fingerprint density at radius 1 is 1.01 bits per heavy atom. The van der Waals surface area contributed by atoms with Crippen LogP contribution in [0.5, 0.6) is 11.8 Å². The molecule has 6 aliphatic heterocycles. The van der Waals surface area contributed by atoms with Gasteiger partial charge in [-0.2, -0.15) is 9.97 Å². The van der Waals surface area contributed by atoms with Crippen LogP contribution in [-0.4, -0.2) is 150 Å². The molecular formula is C63H73N11O8S. The average Bonchev–Trinajstić information content (AvgIpc) is 2.54. The third kappa shape index (κ3) is 10.1. The van der Waals surface area contributed by atoms with Crippen molar-refractivity contribution in [1.82, 2.24) is 50.4 Å². The van der Waals surface area contributed by atoms with Gasteiger partial charge in [-0.3, -0.25) is 19.5 Å². The lowest BCUT2D eigenvalue weighted by Gasteiger charge is -2.39. The van der Waals surface area contributed by atoms with E-state index >= 15 is 0 Å². The number of pyridine rings is 1. The number of carbonyl (C=O) groups excluding carboxylic acids is 3. The van der Waals surface area contributed by atoms with E-state index in [1.165, 1.54) is 15.4 Å². The maximum absolute atomic E-state index is 14.5. The van der Waals surface area contributed by atoms with E-state index < -0.39 is 24.2 Å². The van der Waals surface area contributed by atoms with Gasteiger partial charge in [0.25, 0.3) is 0 Å². The lowest BCUT2D eigenvalue weighted by atomic mass is 9.79.